The Labute approximate surface area is 155 Å². The number of nitrogens with zero attached hydrogens (tertiary/aromatic N) is 2. The number of aromatic nitrogens is 2. The molecule has 2 aromatic carbocycles. The van der Waals surface area contributed by atoms with Gasteiger partial charge in [0, 0.05) is 21.8 Å². The van der Waals surface area contributed by atoms with Crippen LogP contribution in [0.3, 0.4) is 0 Å². The summed E-state index contributed by atoms with van der Waals surface area (Å²) in [5.74, 6) is -0.216. The van der Waals surface area contributed by atoms with Gasteiger partial charge >= 0.3 is 0 Å². The Balaban J connectivity index is 1.63. The molecule has 4 nitrogen and oxygen atoms in total. The zero-order chi connectivity index (χ0) is 17.9. The third-order valence-corrected chi connectivity index (χ3v) is 4.99. The highest BCUT2D eigenvalue weighted by atomic mass is 32.1. The summed E-state index contributed by atoms with van der Waals surface area (Å²) in [5.41, 5.74) is 4.03. The molecule has 0 bridgehead atoms. The van der Waals surface area contributed by atoms with Gasteiger partial charge in [0.05, 0.1) is 5.69 Å². The van der Waals surface area contributed by atoms with E-state index < -0.39 is 0 Å². The summed E-state index contributed by atoms with van der Waals surface area (Å²) in [6.07, 6.45) is 0. The van der Waals surface area contributed by atoms with Crippen molar-refractivity contribution in [1.29, 1.82) is 0 Å². The Morgan fingerprint density at radius 1 is 1.00 bits per heavy atom. The van der Waals surface area contributed by atoms with Gasteiger partial charge in [0.15, 0.2) is 5.69 Å². The minimum absolute atomic E-state index is 0.216. The van der Waals surface area contributed by atoms with Crippen molar-refractivity contribution >= 4 is 22.9 Å². The van der Waals surface area contributed by atoms with E-state index in [1.165, 1.54) is 0 Å². The van der Waals surface area contributed by atoms with E-state index in [4.69, 9.17) is 0 Å². The summed E-state index contributed by atoms with van der Waals surface area (Å²) >= 11 is 1.65. The lowest BCUT2D eigenvalue weighted by Crippen LogP contribution is -2.13. The number of aryl methyl sites for hydroxylation is 1. The topological polar surface area (TPSA) is 46.9 Å². The molecule has 0 saturated carbocycles. The molecule has 0 fully saturated rings. The van der Waals surface area contributed by atoms with Crippen LogP contribution in [0.4, 0.5) is 5.69 Å². The molecule has 0 aliphatic rings. The van der Waals surface area contributed by atoms with E-state index in [0.29, 0.717) is 5.69 Å². The van der Waals surface area contributed by atoms with Crippen LogP contribution in [-0.4, -0.2) is 15.7 Å². The molecule has 2 aromatic heterocycles. The lowest BCUT2D eigenvalue weighted by atomic mass is 10.1. The van der Waals surface area contributed by atoms with Crippen LogP contribution < -0.4 is 5.32 Å². The first kappa shape index (κ1) is 16.3. The average molecular weight is 359 g/mol. The maximum Gasteiger partial charge on any atom is 0.276 e. The number of nitrogens with one attached hydrogen (secondary N) is 1. The van der Waals surface area contributed by atoms with Crippen molar-refractivity contribution < 1.29 is 4.79 Å². The zero-order valence-corrected chi connectivity index (χ0v) is 15.0. The fourth-order valence-electron chi connectivity index (χ4n) is 2.84. The first-order valence-corrected chi connectivity index (χ1v) is 9.17. The van der Waals surface area contributed by atoms with Crippen molar-refractivity contribution in [3.8, 4) is 16.1 Å². The van der Waals surface area contributed by atoms with Gasteiger partial charge < -0.3 is 5.32 Å². The van der Waals surface area contributed by atoms with Gasteiger partial charge in [-0.25, -0.2) is 4.68 Å². The Hall–Kier alpha value is -3.18. The molecule has 26 heavy (non-hydrogen) atoms. The molecule has 4 aromatic rings. The number of anilines is 1. The quantitative estimate of drug-likeness (QED) is 0.547. The largest absolute Gasteiger partial charge is 0.320 e. The number of hydrogen-bond donors (Lipinski definition) is 1. The molecule has 128 valence electrons. The second-order valence-electron chi connectivity index (χ2n) is 5.90. The van der Waals surface area contributed by atoms with Gasteiger partial charge in [0.1, 0.15) is 0 Å². The van der Waals surface area contributed by atoms with Crippen molar-refractivity contribution in [2.24, 2.45) is 0 Å². The highest BCUT2D eigenvalue weighted by Gasteiger charge is 2.15. The van der Waals surface area contributed by atoms with E-state index in [-0.39, 0.29) is 5.91 Å². The number of amides is 1. The summed E-state index contributed by atoms with van der Waals surface area (Å²) in [5, 5.41) is 9.50. The van der Waals surface area contributed by atoms with Crippen molar-refractivity contribution in [3.63, 3.8) is 0 Å². The lowest BCUT2D eigenvalue weighted by molar-refractivity contribution is 0.102. The summed E-state index contributed by atoms with van der Waals surface area (Å²) < 4.78 is 1.78. The molecule has 0 radical (unpaired) electrons. The standard InChI is InChI=1S/C21H17N3OS/c1-15-14-19(23-24(15)16-8-3-2-4-9-16)21(25)22-18-11-6-5-10-17(18)20-12-7-13-26-20/h2-14H,1H3,(H,22,25). The third kappa shape index (κ3) is 3.17. The summed E-state index contributed by atoms with van der Waals surface area (Å²) in [6, 6.07) is 23.5. The van der Waals surface area contributed by atoms with Gasteiger partial charge in [-0.15, -0.1) is 11.3 Å². The highest BCUT2D eigenvalue weighted by Crippen LogP contribution is 2.31. The van der Waals surface area contributed by atoms with E-state index in [2.05, 4.69) is 10.4 Å². The fourth-order valence-corrected chi connectivity index (χ4v) is 3.61. The summed E-state index contributed by atoms with van der Waals surface area (Å²) in [6.45, 7) is 1.94. The van der Waals surface area contributed by atoms with Crippen molar-refractivity contribution in [1.82, 2.24) is 9.78 Å². The minimum Gasteiger partial charge on any atom is -0.320 e. The maximum atomic E-state index is 12.7. The SMILES string of the molecule is Cc1cc(C(=O)Nc2ccccc2-c2cccs2)nn1-c1ccccc1. The second-order valence-corrected chi connectivity index (χ2v) is 6.84. The molecule has 0 aliphatic carbocycles. The average Bonchev–Trinajstić information content (AvgIpc) is 3.33. The Morgan fingerprint density at radius 3 is 2.54 bits per heavy atom. The smallest absolute Gasteiger partial charge is 0.276 e. The monoisotopic (exact) mass is 359 g/mol. The molecule has 5 heteroatoms. The molecule has 0 spiro atoms. The van der Waals surface area contributed by atoms with Gasteiger partial charge in [-0.3, -0.25) is 4.79 Å². The van der Waals surface area contributed by atoms with Crippen molar-refractivity contribution in [3.05, 3.63) is 89.6 Å². The van der Waals surface area contributed by atoms with Crippen LogP contribution in [0.25, 0.3) is 16.1 Å². The van der Waals surface area contributed by atoms with Crippen LogP contribution >= 0.6 is 11.3 Å². The molecule has 0 unspecified atom stereocenters. The molecule has 0 atom stereocenters. The molecule has 0 aliphatic heterocycles. The highest BCUT2D eigenvalue weighted by molar-refractivity contribution is 7.13. The van der Waals surface area contributed by atoms with Crippen molar-refractivity contribution in [2.75, 3.05) is 5.32 Å². The van der Waals surface area contributed by atoms with Crippen LogP contribution in [0.15, 0.2) is 78.2 Å². The van der Waals surface area contributed by atoms with Gasteiger partial charge in [-0.1, -0.05) is 42.5 Å². The summed E-state index contributed by atoms with van der Waals surface area (Å²) in [7, 11) is 0. The van der Waals surface area contributed by atoms with E-state index in [1.54, 1.807) is 22.1 Å². The third-order valence-electron chi connectivity index (χ3n) is 4.08. The van der Waals surface area contributed by atoms with E-state index >= 15 is 0 Å². The van der Waals surface area contributed by atoms with Crippen LogP contribution in [0, 0.1) is 6.92 Å². The van der Waals surface area contributed by atoms with E-state index in [9.17, 15) is 4.79 Å². The molecular formula is C21H17N3OS. The van der Waals surface area contributed by atoms with E-state index in [1.807, 2.05) is 79.0 Å². The van der Waals surface area contributed by atoms with Gasteiger partial charge in [-0.05, 0) is 42.6 Å². The number of carbonyl (C=O) groups is 1. The molecular weight excluding hydrogens is 342 g/mol. The molecule has 0 saturated heterocycles. The Kier molecular flexibility index (Phi) is 4.37. The summed E-state index contributed by atoms with van der Waals surface area (Å²) in [4.78, 5) is 13.9. The predicted molar refractivity (Wildman–Crippen MR) is 106 cm³/mol. The number of hydrogen-bond acceptors (Lipinski definition) is 3. The normalized spacial score (nSPS) is 10.7. The second kappa shape index (κ2) is 6.98. The molecule has 2 heterocycles. The van der Waals surface area contributed by atoms with Crippen LogP contribution in [0.5, 0.6) is 0 Å². The first-order chi connectivity index (χ1) is 12.7. The van der Waals surface area contributed by atoms with Crippen molar-refractivity contribution in [2.45, 2.75) is 6.92 Å². The predicted octanol–water partition coefficient (Wildman–Crippen LogP) is 5.16. The number of benzene rings is 2. The first-order valence-electron chi connectivity index (χ1n) is 8.29. The number of para-hydroxylation sites is 2. The van der Waals surface area contributed by atoms with E-state index in [0.717, 1.165) is 27.5 Å². The lowest BCUT2D eigenvalue weighted by Gasteiger charge is -2.08. The van der Waals surface area contributed by atoms with Gasteiger partial charge in [0.25, 0.3) is 5.91 Å². The molecule has 1 amide bonds. The maximum absolute atomic E-state index is 12.7. The molecule has 1 N–H and O–H groups in total. The van der Waals surface area contributed by atoms with Gasteiger partial charge in [-0.2, -0.15) is 5.10 Å². The van der Waals surface area contributed by atoms with Crippen LogP contribution in [0.2, 0.25) is 0 Å². The van der Waals surface area contributed by atoms with Crippen LogP contribution in [0.1, 0.15) is 16.2 Å². The van der Waals surface area contributed by atoms with Gasteiger partial charge in [0.2, 0.25) is 0 Å². The minimum atomic E-state index is -0.216. The van der Waals surface area contributed by atoms with Crippen LogP contribution in [-0.2, 0) is 0 Å². The zero-order valence-electron chi connectivity index (χ0n) is 14.2. The Morgan fingerprint density at radius 2 is 1.77 bits per heavy atom. The Bertz CT molecular complexity index is 1040. The fraction of sp³-hybridized carbons (Fsp3) is 0.0476. The number of carbonyl (C=O) groups excluding carboxylic acids is 1. The molecule has 4 rings (SSSR count). The number of rotatable bonds is 4. The number of thiophene rings is 1.